The molecule has 2 aromatic rings. The number of benzene rings is 1. The maximum atomic E-state index is 12.6. The van der Waals surface area contributed by atoms with E-state index in [2.05, 4.69) is 16.7 Å². The number of ether oxygens (including phenoxy) is 1. The van der Waals surface area contributed by atoms with Gasteiger partial charge in [-0.2, -0.15) is 5.26 Å². The third-order valence-corrected chi connectivity index (χ3v) is 4.75. The number of hydrogen-bond acceptors (Lipinski definition) is 6. The van der Waals surface area contributed by atoms with Crippen molar-refractivity contribution in [2.24, 2.45) is 5.92 Å². The molecule has 0 aliphatic carbocycles. The summed E-state index contributed by atoms with van der Waals surface area (Å²) < 4.78 is 10.2. The van der Waals surface area contributed by atoms with Gasteiger partial charge in [-0.1, -0.05) is 44.2 Å². The van der Waals surface area contributed by atoms with Gasteiger partial charge >= 0.3 is 5.97 Å². The van der Waals surface area contributed by atoms with E-state index in [4.69, 9.17) is 9.15 Å². The van der Waals surface area contributed by atoms with Crippen molar-refractivity contribution in [3.8, 4) is 6.07 Å². The Morgan fingerprint density at radius 3 is 2.43 bits per heavy atom. The molecule has 2 rings (SSSR count). The summed E-state index contributed by atoms with van der Waals surface area (Å²) in [7, 11) is 0. The van der Waals surface area contributed by atoms with E-state index in [0.29, 0.717) is 0 Å². The lowest BCUT2D eigenvalue weighted by Crippen LogP contribution is -2.51. The number of rotatable bonds is 9. The number of furan rings is 1. The van der Waals surface area contributed by atoms with E-state index in [1.165, 1.54) is 12.3 Å². The average molecular weight is 411 g/mol. The molecule has 0 bridgehead atoms. The van der Waals surface area contributed by atoms with Gasteiger partial charge in [0.2, 0.25) is 0 Å². The third-order valence-electron chi connectivity index (χ3n) is 4.75. The fraction of sp³-hybridized carbons (Fsp3) is 0.364. The first-order valence-electron chi connectivity index (χ1n) is 9.52. The molecule has 1 aromatic carbocycles. The molecule has 0 saturated carbocycles. The summed E-state index contributed by atoms with van der Waals surface area (Å²) in [6, 6.07) is 13.2. The quantitative estimate of drug-likeness (QED) is 0.610. The van der Waals surface area contributed by atoms with Gasteiger partial charge in [-0.05, 0) is 30.5 Å². The first kappa shape index (κ1) is 22.7. The van der Waals surface area contributed by atoms with Crippen LogP contribution >= 0.6 is 0 Å². The fourth-order valence-electron chi connectivity index (χ4n) is 2.54. The lowest BCUT2D eigenvalue weighted by molar-refractivity contribution is -0.150. The molecule has 2 atom stereocenters. The third kappa shape index (κ3) is 6.21. The van der Waals surface area contributed by atoms with Gasteiger partial charge < -0.3 is 19.8 Å². The van der Waals surface area contributed by atoms with E-state index < -0.39 is 36.0 Å². The molecular formula is C22H25N3O5. The molecule has 2 amide bonds. The lowest BCUT2D eigenvalue weighted by Gasteiger charge is -2.27. The molecule has 8 heteroatoms. The van der Waals surface area contributed by atoms with Crippen LogP contribution in [0.15, 0.2) is 53.1 Å². The van der Waals surface area contributed by atoms with Gasteiger partial charge in [0.05, 0.1) is 12.3 Å². The van der Waals surface area contributed by atoms with Gasteiger partial charge in [-0.3, -0.25) is 9.59 Å². The van der Waals surface area contributed by atoms with Gasteiger partial charge in [0, 0.05) is 6.42 Å². The van der Waals surface area contributed by atoms with Crippen molar-refractivity contribution in [2.75, 3.05) is 6.61 Å². The second-order valence-corrected chi connectivity index (χ2v) is 7.32. The van der Waals surface area contributed by atoms with E-state index in [9.17, 15) is 19.6 Å². The molecule has 30 heavy (non-hydrogen) atoms. The maximum Gasteiger partial charge on any atom is 0.329 e. The predicted octanol–water partition coefficient (Wildman–Crippen LogP) is 2.22. The summed E-state index contributed by atoms with van der Waals surface area (Å²) in [5, 5.41) is 14.4. The van der Waals surface area contributed by atoms with Crippen molar-refractivity contribution < 1.29 is 23.5 Å². The SMILES string of the molecule is CC(C)[C@](C)(C#N)NC(=O)COC(=O)[C@H](Cc1ccccc1)NC(=O)c1ccco1. The molecule has 0 aliphatic heterocycles. The predicted molar refractivity (Wildman–Crippen MR) is 108 cm³/mol. The summed E-state index contributed by atoms with van der Waals surface area (Å²) in [5.41, 5.74) is -0.277. The van der Waals surface area contributed by atoms with Crippen LogP contribution in [0.4, 0.5) is 0 Å². The van der Waals surface area contributed by atoms with Crippen molar-refractivity contribution >= 4 is 17.8 Å². The Bertz CT molecular complexity index is 903. The van der Waals surface area contributed by atoms with E-state index in [0.717, 1.165) is 5.56 Å². The Morgan fingerprint density at radius 2 is 1.87 bits per heavy atom. The minimum absolute atomic E-state index is 0.0559. The van der Waals surface area contributed by atoms with Crippen LogP contribution in [0, 0.1) is 17.2 Å². The molecule has 0 radical (unpaired) electrons. The number of amides is 2. The number of nitriles is 1. The molecule has 2 N–H and O–H groups in total. The Balaban J connectivity index is 2.04. The molecule has 0 unspecified atom stereocenters. The highest BCUT2D eigenvalue weighted by atomic mass is 16.5. The summed E-state index contributed by atoms with van der Waals surface area (Å²) >= 11 is 0. The van der Waals surface area contributed by atoms with Crippen LogP contribution in [0.1, 0.15) is 36.9 Å². The second-order valence-electron chi connectivity index (χ2n) is 7.32. The molecule has 158 valence electrons. The van der Waals surface area contributed by atoms with E-state index in [-0.39, 0.29) is 18.1 Å². The van der Waals surface area contributed by atoms with Crippen LogP contribution in [0.5, 0.6) is 0 Å². The van der Waals surface area contributed by atoms with E-state index in [1.54, 1.807) is 26.8 Å². The van der Waals surface area contributed by atoms with Crippen molar-refractivity contribution in [2.45, 2.75) is 38.8 Å². The normalized spacial score (nSPS) is 13.6. The number of nitrogens with one attached hydrogen (secondary N) is 2. The molecule has 0 spiro atoms. The van der Waals surface area contributed by atoms with Gasteiger partial charge in [-0.15, -0.1) is 0 Å². The van der Waals surface area contributed by atoms with Crippen molar-refractivity contribution in [3.63, 3.8) is 0 Å². The lowest BCUT2D eigenvalue weighted by atomic mass is 9.90. The molecule has 1 aromatic heterocycles. The van der Waals surface area contributed by atoms with Crippen LogP contribution in [0.2, 0.25) is 0 Å². The molecule has 0 aliphatic rings. The average Bonchev–Trinajstić information content (AvgIpc) is 3.27. The zero-order valence-electron chi connectivity index (χ0n) is 17.2. The number of esters is 1. The van der Waals surface area contributed by atoms with E-state index in [1.807, 2.05) is 30.3 Å². The second kappa shape index (κ2) is 10.3. The largest absolute Gasteiger partial charge is 0.459 e. The molecule has 0 saturated heterocycles. The minimum atomic E-state index is -1.08. The van der Waals surface area contributed by atoms with Crippen molar-refractivity contribution in [1.29, 1.82) is 5.26 Å². The summed E-state index contributed by atoms with van der Waals surface area (Å²) in [5.74, 6) is -2.02. The highest BCUT2D eigenvalue weighted by molar-refractivity contribution is 5.94. The van der Waals surface area contributed by atoms with Crippen LogP contribution in [-0.2, 0) is 20.7 Å². The molecule has 0 fully saturated rings. The summed E-state index contributed by atoms with van der Waals surface area (Å²) in [4.78, 5) is 37.1. The zero-order chi connectivity index (χ0) is 22.1. The topological polar surface area (TPSA) is 121 Å². The number of hydrogen-bond donors (Lipinski definition) is 2. The van der Waals surface area contributed by atoms with Crippen LogP contribution in [0.25, 0.3) is 0 Å². The standard InChI is InChI=1S/C22H25N3O5/c1-15(2)22(3,14-23)25-19(26)13-30-21(28)17(12-16-8-5-4-6-9-16)24-20(27)18-10-7-11-29-18/h4-11,15,17H,12-13H2,1-3H3,(H,24,27)(H,25,26)/t17-,22-/m0/s1. The Hall–Kier alpha value is -3.60. The zero-order valence-corrected chi connectivity index (χ0v) is 17.2. The monoisotopic (exact) mass is 411 g/mol. The smallest absolute Gasteiger partial charge is 0.329 e. The van der Waals surface area contributed by atoms with Crippen LogP contribution < -0.4 is 10.6 Å². The summed E-state index contributed by atoms with van der Waals surface area (Å²) in [6.07, 6.45) is 1.53. The highest BCUT2D eigenvalue weighted by Gasteiger charge is 2.31. The Labute approximate surface area is 175 Å². The van der Waals surface area contributed by atoms with Gasteiger partial charge in [0.15, 0.2) is 12.4 Å². The fourth-order valence-corrected chi connectivity index (χ4v) is 2.54. The number of carbonyl (C=O) groups excluding carboxylic acids is 3. The van der Waals surface area contributed by atoms with Crippen molar-refractivity contribution in [1.82, 2.24) is 10.6 Å². The van der Waals surface area contributed by atoms with Crippen molar-refractivity contribution in [3.05, 3.63) is 60.1 Å². The van der Waals surface area contributed by atoms with Gasteiger partial charge in [0.1, 0.15) is 11.6 Å². The van der Waals surface area contributed by atoms with Crippen LogP contribution in [0.3, 0.4) is 0 Å². The first-order valence-corrected chi connectivity index (χ1v) is 9.52. The van der Waals surface area contributed by atoms with Crippen LogP contribution in [-0.4, -0.2) is 36.0 Å². The first-order chi connectivity index (χ1) is 14.2. The maximum absolute atomic E-state index is 12.6. The molecule has 8 nitrogen and oxygen atoms in total. The molecule has 1 heterocycles. The number of nitrogens with zero attached hydrogens (tertiary/aromatic N) is 1. The molecular weight excluding hydrogens is 386 g/mol. The highest BCUT2D eigenvalue weighted by Crippen LogP contribution is 2.15. The number of carbonyl (C=O) groups is 3. The Morgan fingerprint density at radius 1 is 1.17 bits per heavy atom. The minimum Gasteiger partial charge on any atom is -0.459 e. The Kier molecular flexibility index (Phi) is 7.76. The summed E-state index contributed by atoms with van der Waals surface area (Å²) in [6.45, 7) is 4.63. The van der Waals surface area contributed by atoms with Gasteiger partial charge in [-0.25, -0.2) is 4.79 Å². The van der Waals surface area contributed by atoms with E-state index >= 15 is 0 Å². The van der Waals surface area contributed by atoms with Gasteiger partial charge in [0.25, 0.3) is 11.8 Å².